The molecule has 0 atom stereocenters. The fraction of sp³-hybridized carbons (Fsp3) is 0.235. The first-order valence-electron chi connectivity index (χ1n) is 7.22. The van der Waals surface area contributed by atoms with Crippen LogP contribution in [0.1, 0.15) is 28.8 Å². The number of Topliss-reactive ketones (excluding diaryl/α,β-unsaturated/α-hetero) is 1. The molecule has 0 fully saturated rings. The van der Waals surface area contributed by atoms with E-state index in [-0.39, 0.29) is 11.7 Å². The van der Waals surface area contributed by atoms with E-state index in [1.165, 1.54) is 11.8 Å². The number of nitrogens with one attached hydrogen (secondary N) is 1. The van der Waals surface area contributed by atoms with Crippen LogP contribution in [0, 0.1) is 0 Å². The number of thioether (sulfide) groups is 1. The zero-order valence-corrected chi connectivity index (χ0v) is 12.9. The van der Waals surface area contributed by atoms with Gasteiger partial charge < -0.3 is 5.32 Å². The van der Waals surface area contributed by atoms with Gasteiger partial charge in [0.25, 0.3) is 0 Å². The van der Waals surface area contributed by atoms with Crippen LogP contribution in [0.4, 0.5) is 5.69 Å². The second kappa shape index (κ2) is 6.75. The summed E-state index contributed by atoms with van der Waals surface area (Å²) >= 11 is 1.43. The highest BCUT2D eigenvalue weighted by molar-refractivity contribution is 7.99. The van der Waals surface area contributed by atoms with E-state index in [9.17, 15) is 9.59 Å². The molecule has 1 aromatic carbocycles. The maximum absolute atomic E-state index is 12.3. The Labute approximate surface area is 133 Å². The molecule has 112 valence electrons. The Balaban J connectivity index is 1.71. The molecule has 0 saturated carbocycles. The summed E-state index contributed by atoms with van der Waals surface area (Å²) in [4.78, 5) is 28.1. The molecule has 1 aliphatic rings. The number of amides is 1. The van der Waals surface area contributed by atoms with Crippen LogP contribution in [0.15, 0.2) is 47.6 Å². The van der Waals surface area contributed by atoms with Gasteiger partial charge in [0.05, 0.1) is 10.8 Å². The van der Waals surface area contributed by atoms with Gasteiger partial charge in [-0.25, -0.2) is 4.98 Å². The van der Waals surface area contributed by atoms with Gasteiger partial charge in [-0.2, -0.15) is 0 Å². The van der Waals surface area contributed by atoms with Crippen molar-refractivity contribution in [1.82, 2.24) is 4.98 Å². The van der Waals surface area contributed by atoms with E-state index in [1.807, 2.05) is 30.3 Å². The van der Waals surface area contributed by atoms with E-state index in [4.69, 9.17) is 0 Å². The predicted octanol–water partition coefficient (Wildman–Crippen LogP) is 3.33. The summed E-state index contributed by atoms with van der Waals surface area (Å²) < 4.78 is 0. The molecule has 0 unspecified atom stereocenters. The first-order valence-corrected chi connectivity index (χ1v) is 8.21. The van der Waals surface area contributed by atoms with Crippen LogP contribution in [0.2, 0.25) is 0 Å². The van der Waals surface area contributed by atoms with Gasteiger partial charge in [-0.15, -0.1) is 0 Å². The van der Waals surface area contributed by atoms with Gasteiger partial charge in [-0.05, 0) is 48.7 Å². The summed E-state index contributed by atoms with van der Waals surface area (Å²) in [6, 6.07) is 11.2. The number of aromatic nitrogens is 1. The Bertz CT molecular complexity index is 701. The molecule has 1 amide bonds. The number of fused-ring (bicyclic) bond motifs is 1. The number of hydrogen-bond acceptors (Lipinski definition) is 4. The van der Waals surface area contributed by atoms with Gasteiger partial charge in [-0.1, -0.05) is 17.8 Å². The number of carbonyl (C=O) groups excluding carboxylic acids is 2. The summed E-state index contributed by atoms with van der Waals surface area (Å²) in [5.74, 6) is 0.486. The maximum atomic E-state index is 12.3. The molecule has 1 aromatic heterocycles. The Hall–Kier alpha value is -2.14. The fourth-order valence-corrected chi connectivity index (χ4v) is 3.16. The number of hydrogen-bond donors (Lipinski definition) is 1. The van der Waals surface area contributed by atoms with Gasteiger partial charge in [0.2, 0.25) is 5.91 Å². The van der Waals surface area contributed by atoms with Crippen LogP contribution in [-0.2, 0) is 11.2 Å². The molecule has 4 nitrogen and oxygen atoms in total. The SMILES string of the molecule is O=C1CCCc2cc(C(=O)CSc3ccccn3)ccc2N1. The number of nitrogens with zero attached hydrogens (tertiary/aromatic N) is 1. The van der Waals surface area contributed by atoms with Crippen LogP contribution in [0.3, 0.4) is 0 Å². The molecule has 1 aliphatic heterocycles. The molecule has 5 heteroatoms. The first-order chi connectivity index (χ1) is 10.7. The highest BCUT2D eigenvalue weighted by Crippen LogP contribution is 2.24. The molecule has 2 heterocycles. The lowest BCUT2D eigenvalue weighted by atomic mass is 10.0. The van der Waals surface area contributed by atoms with Crippen molar-refractivity contribution in [2.75, 3.05) is 11.1 Å². The minimum atomic E-state index is 0.0449. The van der Waals surface area contributed by atoms with Gasteiger partial charge in [0.1, 0.15) is 0 Å². The summed E-state index contributed by atoms with van der Waals surface area (Å²) in [7, 11) is 0. The lowest BCUT2D eigenvalue weighted by molar-refractivity contribution is -0.116. The van der Waals surface area contributed by atoms with Crippen LogP contribution in [0.25, 0.3) is 0 Å². The molecule has 0 saturated heterocycles. The number of rotatable bonds is 4. The zero-order valence-electron chi connectivity index (χ0n) is 12.0. The minimum Gasteiger partial charge on any atom is -0.326 e. The van der Waals surface area contributed by atoms with Crippen LogP contribution < -0.4 is 5.32 Å². The standard InChI is InChI=1S/C17H16N2O2S/c20-15(11-22-17-6-1-2-9-18-17)13-7-8-14-12(10-13)4-3-5-16(21)19-14/h1-2,6-10H,3-5,11H2,(H,19,21). The number of benzene rings is 1. The molecule has 1 N–H and O–H groups in total. The van der Waals surface area contributed by atoms with E-state index in [0.717, 1.165) is 29.1 Å². The molecular formula is C17H16N2O2S. The monoisotopic (exact) mass is 312 g/mol. The minimum absolute atomic E-state index is 0.0449. The van der Waals surface area contributed by atoms with Crippen molar-refractivity contribution in [3.63, 3.8) is 0 Å². The van der Waals surface area contributed by atoms with Crippen molar-refractivity contribution in [3.8, 4) is 0 Å². The zero-order chi connectivity index (χ0) is 15.4. The summed E-state index contributed by atoms with van der Waals surface area (Å²) in [6.45, 7) is 0. The molecule has 3 rings (SSSR count). The number of ketones is 1. The third-order valence-corrected chi connectivity index (χ3v) is 4.48. The van der Waals surface area contributed by atoms with Gasteiger partial charge in [-0.3, -0.25) is 9.59 Å². The van der Waals surface area contributed by atoms with Gasteiger partial charge in [0.15, 0.2) is 5.78 Å². The summed E-state index contributed by atoms with van der Waals surface area (Å²) in [5.41, 5.74) is 2.56. The third kappa shape index (κ3) is 3.54. The van der Waals surface area contributed by atoms with Gasteiger partial charge in [0, 0.05) is 23.9 Å². The van der Waals surface area contributed by atoms with Crippen LogP contribution in [0.5, 0.6) is 0 Å². The Morgan fingerprint density at radius 1 is 1.23 bits per heavy atom. The molecule has 0 spiro atoms. The summed E-state index contributed by atoms with van der Waals surface area (Å²) in [6.07, 6.45) is 3.90. The van der Waals surface area contributed by atoms with Crippen molar-refractivity contribution in [2.45, 2.75) is 24.3 Å². The molecule has 22 heavy (non-hydrogen) atoms. The topological polar surface area (TPSA) is 59.1 Å². The molecule has 0 bridgehead atoms. The second-order valence-corrected chi connectivity index (χ2v) is 6.15. The molecule has 0 aliphatic carbocycles. The normalized spacial score (nSPS) is 13.9. The van der Waals surface area contributed by atoms with Crippen molar-refractivity contribution < 1.29 is 9.59 Å². The van der Waals surface area contributed by atoms with Crippen molar-refractivity contribution >= 4 is 29.1 Å². The number of pyridine rings is 1. The first kappa shape index (κ1) is 14.8. The van der Waals surface area contributed by atoms with Crippen LogP contribution in [-0.4, -0.2) is 22.4 Å². The van der Waals surface area contributed by atoms with Crippen molar-refractivity contribution in [3.05, 3.63) is 53.7 Å². The highest BCUT2D eigenvalue weighted by atomic mass is 32.2. The Kier molecular flexibility index (Phi) is 4.53. The predicted molar refractivity (Wildman–Crippen MR) is 87.3 cm³/mol. The smallest absolute Gasteiger partial charge is 0.224 e. The quantitative estimate of drug-likeness (QED) is 0.695. The number of aryl methyl sites for hydroxylation is 1. The molecule has 0 radical (unpaired) electrons. The fourth-order valence-electron chi connectivity index (χ4n) is 2.40. The Morgan fingerprint density at radius 2 is 2.14 bits per heavy atom. The van der Waals surface area contributed by atoms with E-state index < -0.39 is 0 Å². The molecular weight excluding hydrogens is 296 g/mol. The van der Waals surface area contributed by atoms with E-state index in [2.05, 4.69) is 10.3 Å². The second-order valence-electron chi connectivity index (χ2n) is 5.15. The Morgan fingerprint density at radius 3 is 2.95 bits per heavy atom. The van der Waals surface area contributed by atoms with Crippen molar-refractivity contribution in [1.29, 1.82) is 0 Å². The third-order valence-electron chi connectivity index (χ3n) is 3.54. The van der Waals surface area contributed by atoms with E-state index in [0.29, 0.717) is 17.7 Å². The average Bonchev–Trinajstić information content (AvgIpc) is 2.73. The molecule has 2 aromatic rings. The average molecular weight is 312 g/mol. The van der Waals surface area contributed by atoms with Crippen LogP contribution >= 0.6 is 11.8 Å². The summed E-state index contributed by atoms with van der Waals surface area (Å²) in [5, 5.41) is 3.73. The number of carbonyl (C=O) groups is 2. The lowest BCUT2D eigenvalue weighted by Crippen LogP contribution is -2.10. The van der Waals surface area contributed by atoms with Crippen molar-refractivity contribution in [2.24, 2.45) is 0 Å². The van der Waals surface area contributed by atoms with Gasteiger partial charge >= 0.3 is 0 Å². The van der Waals surface area contributed by atoms with E-state index in [1.54, 1.807) is 12.3 Å². The lowest BCUT2D eigenvalue weighted by Gasteiger charge is -2.08. The maximum Gasteiger partial charge on any atom is 0.224 e. The highest BCUT2D eigenvalue weighted by Gasteiger charge is 2.15. The number of anilines is 1. The van der Waals surface area contributed by atoms with E-state index >= 15 is 0 Å². The largest absolute Gasteiger partial charge is 0.326 e.